The van der Waals surface area contributed by atoms with Crippen LogP contribution in [0.4, 0.5) is 24.8 Å². The first-order valence-corrected chi connectivity index (χ1v) is 8.71. The summed E-state index contributed by atoms with van der Waals surface area (Å²) < 4.78 is 41.0. The number of hydrogen-bond acceptors (Lipinski definition) is 6. The minimum absolute atomic E-state index is 0.181. The van der Waals surface area contributed by atoms with E-state index in [0.717, 1.165) is 12.1 Å². The van der Waals surface area contributed by atoms with E-state index in [1.54, 1.807) is 31.2 Å². The van der Waals surface area contributed by atoms with Crippen LogP contribution in [0.2, 0.25) is 0 Å². The van der Waals surface area contributed by atoms with Crippen LogP contribution in [0.15, 0.2) is 59.8 Å². The van der Waals surface area contributed by atoms with E-state index in [2.05, 4.69) is 21.6 Å². The molecule has 30 heavy (non-hydrogen) atoms. The molecular formula is C20H12F3N7. The Bertz CT molecular complexity index is 1230. The van der Waals surface area contributed by atoms with Crippen LogP contribution in [0.5, 0.6) is 0 Å². The number of halogens is 3. The summed E-state index contributed by atoms with van der Waals surface area (Å²) in [6.07, 6.45) is -4.52. The van der Waals surface area contributed by atoms with Crippen LogP contribution < -0.4 is 4.90 Å². The predicted octanol–water partition coefficient (Wildman–Crippen LogP) is 4.10. The Labute approximate surface area is 168 Å². The third-order valence-electron chi connectivity index (χ3n) is 4.83. The van der Waals surface area contributed by atoms with E-state index in [9.17, 15) is 18.4 Å². The van der Waals surface area contributed by atoms with Gasteiger partial charge < -0.3 is 0 Å². The zero-order chi connectivity index (χ0) is 21.5. The Kier molecular flexibility index (Phi) is 4.47. The van der Waals surface area contributed by atoms with Gasteiger partial charge in [-0.2, -0.15) is 28.4 Å². The third-order valence-corrected chi connectivity index (χ3v) is 4.83. The summed E-state index contributed by atoms with van der Waals surface area (Å²) in [4.78, 5) is 1.42. The second-order valence-electron chi connectivity index (χ2n) is 6.55. The van der Waals surface area contributed by atoms with Crippen molar-refractivity contribution in [2.24, 2.45) is 0 Å². The number of alkyl halides is 3. The van der Waals surface area contributed by atoms with Crippen molar-refractivity contribution in [1.29, 1.82) is 10.5 Å². The lowest BCUT2D eigenvalue weighted by molar-refractivity contribution is -0.137. The molecule has 10 heteroatoms. The molecule has 0 bridgehead atoms. The first-order chi connectivity index (χ1) is 14.3. The van der Waals surface area contributed by atoms with Gasteiger partial charge in [-0.15, -0.1) is 0 Å². The Morgan fingerprint density at radius 2 is 1.77 bits per heavy atom. The second kappa shape index (κ2) is 7.01. The Morgan fingerprint density at radius 1 is 1.03 bits per heavy atom. The van der Waals surface area contributed by atoms with Crippen LogP contribution in [0.25, 0.3) is 0 Å². The van der Waals surface area contributed by atoms with Crippen LogP contribution in [-0.2, 0) is 6.18 Å². The fourth-order valence-corrected chi connectivity index (χ4v) is 3.41. The number of anilines is 2. The van der Waals surface area contributed by atoms with Gasteiger partial charge in [-0.3, -0.25) is 4.90 Å². The first kappa shape index (κ1) is 19.2. The lowest BCUT2D eigenvalue weighted by Gasteiger charge is -2.33. The highest BCUT2D eigenvalue weighted by Gasteiger charge is 2.37. The largest absolute Gasteiger partial charge is 0.416 e. The minimum atomic E-state index is -4.52. The Balaban J connectivity index is 1.89. The molecule has 0 amide bonds. The molecule has 4 rings (SSSR count). The number of aromatic nitrogens is 4. The highest BCUT2D eigenvalue weighted by atomic mass is 19.4. The zero-order valence-corrected chi connectivity index (χ0v) is 15.5. The SMILES string of the molecule is CC1=C(C#N)C(c2ccc(C#N)cc2)n2nnnc2N1c1cccc(C(F)(F)F)c1. The smallest absolute Gasteiger partial charge is 0.281 e. The first-order valence-electron chi connectivity index (χ1n) is 8.71. The third kappa shape index (κ3) is 3.05. The minimum Gasteiger partial charge on any atom is -0.281 e. The van der Waals surface area contributed by atoms with E-state index >= 15 is 0 Å². The van der Waals surface area contributed by atoms with Crippen molar-refractivity contribution < 1.29 is 13.2 Å². The molecule has 0 saturated heterocycles. The van der Waals surface area contributed by atoms with Gasteiger partial charge in [0.25, 0.3) is 5.95 Å². The van der Waals surface area contributed by atoms with Crippen molar-refractivity contribution in [2.45, 2.75) is 19.1 Å². The van der Waals surface area contributed by atoms with E-state index in [-0.39, 0.29) is 17.2 Å². The van der Waals surface area contributed by atoms with Gasteiger partial charge in [-0.1, -0.05) is 23.3 Å². The Morgan fingerprint density at radius 3 is 2.40 bits per heavy atom. The van der Waals surface area contributed by atoms with Crippen molar-refractivity contribution in [3.63, 3.8) is 0 Å². The van der Waals surface area contributed by atoms with Crippen LogP contribution in [-0.4, -0.2) is 20.2 Å². The average molecular weight is 407 g/mol. The van der Waals surface area contributed by atoms with Gasteiger partial charge in [0.2, 0.25) is 0 Å². The van der Waals surface area contributed by atoms with Gasteiger partial charge in [0.15, 0.2) is 0 Å². The average Bonchev–Trinajstić information content (AvgIpc) is 3.21. The van der Waals surface area contributed by atoms with Crippen molar-refractivity contribution in [2.75, 3.05) is 4.90 Å². The summed E-state index contributed by atoms with van der Waals surface area (Å²) in [5.74, 6) is 0.181. The highest BCUT2D eigenvalue weighted by Crippen LogP contribution is 2.42. The number of tetrazole rings is 1. The second-order valence-corrected chi connectivity index (χ2v) is 6.55. The van der Waals surface area contributed by atoms with Crippen molar-refractivity contribution in [3.05, 3.63) is 76.5 Å². The maximum atomic E-state index is 13.2. The number of rotatable bonds is 2. The van der Waals surface area contributed by atoms with Crippen molar-refractivity contribution in [3.8, 4) is 12.1 Å². The molecule has 0 aliphatic carbocycles. The molecule has 1 unspecified atom stereocenters. The van der Waals surface area contributed by atoms with Gasteiger partial charge in [0.1, 0.15) is 6.04 Å². The summed E-state index contributed by atoms with van der Waals surface area (Å²) >= 11 is 0. The summed E-state index contributed by atoms with van der Waals surface area (Å²) in [6.45, 7) is 1.63. The number of allylic oxidation sites excluding steroid dienone is 2. The number of hydrogen-bond donors (Lipinski definition) is 0. The van der Waals surface area contributed by atoms with Crippen LogP contribution >= 0.6 is 0 Å². The fraction of sp³-hybridized carbons (Fsp3) is 0.150. The summed E-state index contributed by atoms with van der Waals surface area (Å²) in [5, 5.41) is 30.5. The van der Waals surface area contributed by atoms with Gasteiger partial charge >= 0.3 is 6.18 Å². The molecule has 0 N–H and O–H groups in total. The van der Waals surface area contributed by atoms with Crippen LogP contribution in [0.3, 0.4) is 0 Å². The molecule has 1 aromatic heterocycles. The van der Waals surface area contributed by atoms with E-state index < -0.39 is 17.8 Å². The van der Waals surface area contributed by atoms with Crippen molar-refractivity contribution in [1.82, 2.24) is 20.2 Å². The quantitative estimate of drug-likeness (QED) is 0.635. The molecule has 0 saturated carbocycles. The highest BCUT2D eigenvalue weighted by molar-refractivity contribution is 5.68. The zero-order valence-electron chi connectivity index (χ0n) is 15.5. The van der Waals surface area contributed by atoms with Crippen molar-refractivity contribution >= 4 is 11.6 Å². The normalized spacial score (nSPS) is 16.1. The molecule has 1 aliphatic heterocycles. The monoisotopic (exact) mass is 407 g/mol. The lowest BCUT2D eigenvalue weighted by atomic mass is 9.95. The molecule has 1 atom stereocenters. The summed E-state index contributed by atoms with van der Waals surface area (Å²) in [5.41, 5.74) is 1.17. The maximum absolute atomic E-state index is 13.2. The number of nitriles is 2. The number of nitrogens with zero attached hydrogens (tertiary/aromatic N) is 7. The van der Waals surface area contributed by atoms with E-state index in [0.29, 0.717) is 16.8 Å². The topological polar surface area (TPSA) is 94.4 Å². The molecule has 0 spiro atoms. The number of benzene rings is 2. The molecule has 2 heterocycles. The van der Waals surface area contributed by atoms with Gasteiger partial charge in [-0.05, 0) is 53.2 Å². The summed E-state index contributed by atoms with van der Waals surface area (Å²) in [6, 6.07) is 14.9. The maximum Gasteiger partial charge on any atom is 0.416 e. The standard InChI is InChI=1S/C20H12F3N7/c1-12-17(11-25)18(14-7-5-13(10-24)6-8-14)30-19(26-27-28-30)29(12)16-4-2-3-15(9-16)20(21,22)23/h2-9,18H,1H3. The molecule has 2 aromatic carbocycles. The fourth-order valence-electron chi connectivity index (χ4n) is 3.41. The van der Waals surface area contributed by atoms with E-state index in [1.807, 2.05) is 6.07 Å². The molecule has 0 radical (unpaired) electrons. The van der Waals surface area contributed by atoms with Gasteiger partial charge in [0, 0.05) is 11.4 Å². The summed E-state index contributed by atoms with van der Waals surface area (Å²) in [7, 11) is 0. The lowest BCUT2D eigenvalue weighted by Crippen LogP contribution is -2.31. The molecule has 1 aliphatic rings. The molecule has 3 aromatic rings. The number of fused-ring (bicyclic) bond motifs is 1. The van der Waals surface area contributed by atoms with Crippen LogP contribution in [0, 0.1) is 22.7 Å². The predicted molar refractivity (Wildman–Crippen MR) is 99.0 cm³/mol. The van der Waals surface area contributed by atoms with E-state index in [1.165, 1.54) is 21.7 Å². The molecule has 0 fully saturated rings. The molecule has 148 valence electrons. The van der Waals surface area contributed by atoms with Crippen LogP contribution in [0.1, 0.15) is 29.7 Å². The van der Waals surface area contributed by atoms with E-state index in [4.69, 9.17) is 5.26 Å². The van der Waals surface area contributed by atoms with Gasteiger partial charge in [-0.25, -0.2) is 0 Å². The molecule has 7 nitrogen and oxygen atoms in total. The Hall–Kier alpha value is -4.18. The van der Waals surface area contributed by atoms with Gasteiger partial charge in [0.05, 0.1) is 28.8 Å². The molecular weight excluding hydrogens is 395 g/mol.